The molecule has 0 amide bonds. The molecule has 8 nitrogen and oxygen atoms in total. The van der Waals surface area contributed by atoms with Crippen LogP contribution in [0.3, 0.4) is 0 Å². The fourth-order valence-corrected chi connectivity index (χ4v) is 2.05. The van der Waals surface area contributed by atoms with Crippen LogP contribution in [0.2, 0.25) is 0 Å². The molecule has 0 saturated heterocycles. The van der Waals surface area contributed by atoms with Gasteiger partial charge in [0.05, 0.1) is 25.1 Å². The third-order valence-corrected chi connectivity index (χ3v) is 3.09. The maximum absolute atomic E-state index is 12.2. The Morgan fingerprint density at radius 1 is 1.12 bits per heavy atom. The van der Waals surface area contributed by atoms with Gasteiger partial charge in [-0.15, -0.1) is 0 Å². The fraction of sp³-hybridized carbons (Fsp3) is 0.375. The molecule has 2 aromatic heterocycles. The van der Waals surface area contributed by atoms with Crippen molar-refractivity contribution in [2.24, 2.45) is 0 Å². The van der Waals surface area contributed by atoms with E-state index in [1.807, 2.05) is 19.0 Å². The topological polar surface area (TPSA) is 86.0 Å². The summed E-state index contributed by atoms with van der Waals surface area (Å²) in [5.41, 5.74) is 1.30. The molecule has 0 N–H and O–H groups in total. The average Bonchev–Trinajstić information content (AvgIpc) is 2.97. The summed E-state index contributed by atoms with van der Waals surface area (Å²) < 4.78 is 11.5. The largest absolute Gasteiger partial charge is 0.462 e. The standard InChI is InChI=1S/C16H20N4O4/c1-5-23-15(21)11-9-17-14-12(16(22)24-6-2)10-18-20(14)13(11)7-8-19(3)4/h7-10H,5-6H2,1-4H3/b8-7+. The molecular weight excluding hydrogens is 312 g/mol. The van der Waals surface area contributed by atoms with Gasteiger partial charge in [-0.25, -0.2) is 19.1 Å². The Morgan fingerprint density at radius 2 is 1.75 bits per heavy atom. The van der Waals surface area contributed by atoms with E-state index in [1.54, 1.807) is 26.1 Å². The number of fused-ring (bicyclic) bond motifs is 1. The number of nitrogens with zero attached hydrogens (tertiary/aromatic N) is 4. The van der Waals surface area contributed by atoms with Gasteiger partial charge < -0.3 is 14.4 Å². The minimum atomic E-state index is -0.508. The maximum Gasteiger partial charge on any atom is 0.343 e. The summed E-state index contributed by atoms with van der Waals surface area (Å²) in [6, 6.07) is 0. The Bertz CT molecular complexity index is 780. The molecule has 0 spiro atoms. The zero-order valence-electron chi connectivity index (χ0n) is 14.1. The van der Waals surface area contributed by atoms with Crippen molar-refractivity contribution in [3.8, 4) is 0 Å². The number of esters is 2. The van der Waals surface area contributed by atoms with Crippen molar-refractivity contribution in [2.75, 3.05) is 27.3 Å². The SMILES string of the molecule is CCOC(=O)c1cnc2c(C(=O)OCC)cnn2c1/C=C/N(C)C. The Hall–Kier alpha value is -2.90. The minimum Gasteiger partial charge on any atom is -0.462 e. The number of carbonyl (C=O) groups excluding carboxylic acids is 2. The van der Waals surface area contributed by atoms with Crippen LogP contribution >= 0.6 is 0 Å². The van der Waals surface area contributed by atoms with Gasteiger partial charge in [0.2, 0.25) is 0 Å². The van der Waals surface area contributed by atoms with Crippen LogP contribution in [-0.2, 0) is 9.47 Å². The van der Waals surface area contributed by atoms with E-state index in [0.29, 0.717) is 11.3 Å². The molecule has 2 heterocycles. The smallest absolute Gasteiger partial charge is 0.343 e. The van der Waals surface area contributed by atoms with Crippen molar-refractivity contribution in [3.05, 3.63) is 35.4 Å². The second-order valence-electron chi connectivity index (χ2n) is 5.07. The van der Waals surface area contributed by atoms with Gasteiger partial charge in [0.25, 0.3) is 0 Å². The summed E-state index contributed by atoms with van der Waals surface area (Å²) in [6.45, 7) is 3.96. The second-order valence-corrected chi connectivity index (χ2v) is 5.07. The zero-order chi connectivity index (χ0) is 17.7. The number of aromatic nitrogens is 3. The van der Waals surface area contributed by atoms with Gasteiger partial charge in [0.15, 0.2) is 5.65 Å². The highest BCUT2D eigenvalue weighted by Crippen LogP contribution is 2.17. The van der Waals surface area contributed by atoms with Crippen molar-refractivity contribution in [1.29, 1.82) is 0 Å². The van der Waals surface area contributed by atoms with Crippen molar-refractivity contribution < 1.29 is 19.1 Å². The maximum atomic E-state index is 12.2. The van der Waals surface area contributed by atoms with Crippen molar-refractivity contribution in [1.82, 2.24) is 19.5 Å². The lowest BCUT2D eigenvalue weighted by Crippen LogP contribution is -2.12. The van der Waals surface area contributed by atoms with E-state index in [-0.39, 0.29) is 24.3 Å². The Labute approximate surface area is 139 Å². The first-order valence-corrected chi connectivity index (χ1v) is 7.55. The molecule has 0 fully saturated rings. The predicted octanol–water partition coefficient (Wildman–Crippen LogP) is 1.61. The first-order chi connectivity index (χ1) is 11.5. The number of hydrogen-bond acceptors (Lipinski definition) is 7. The lowest BCUT2D eigenvalue weighted by atomic mass is 10.2. The number of rotatable bonds is 6. The van der Waals surface area contributed by atoms with Crippen LogP contribution in [0.5, 0.6) is 0 Å². The van der Waals surface area contributed by atoms with Crippen molar-refractivity contribution in [2.45, 2.75) is 13.8 Å². The minimum absolute atomic E-state index is 0.242. The van der Waals surface area contributed by atoms with Gasteiger partial charge in [-0.2, -0.15) is 5.10 Å². The summed E-state index contributed by atoms with van der Waals surface area (Å²) in [4.78, 5) is 30.1. The predicted molar refractivity (Wildman–Crippen MR) is 87.6 cm³/mol. The molecule has 0 unspecified atom stereocenters. The fourth-order valence-electron chi connectivity index (χ4n) is 2.05. The van der Waals surface area contributed by atoms with Gasteiger partial charge in [-0.3, -0.25) is 0 Å². The van der Waals surface area contributed by atoms with Gasteiger partial charge >= 0.3 is 11.9 Å². The molecule has 128 valence electrons. The highest BCUT2D eigenvalue weighted by Gasteiger charge is 2.21. The van der Waals surface area contributed by atoms with Gasteiger partial charge in [0, 0.05) is 26.5 Å². The molecule has 0 aliphatic carbocycles. The average molecular weight is 332 g/mol. The molecule has 0 atom stereocenters. The highest BCUT2D eigenvalue weighted by molar-refractivity contribution is 5.97. The third kappa shape index (κ3) is 3.53. The molecule has 24 heavy (non-hydrogen) atoms. The zero-order valence-corrected chi connectivity index (χ0v) is 14.1. The first kappa shape index (κ1) is 17.5. The molecule has 0 saturated carbocycles. The summed E-state index contributed by atoms with van der Waals surface area (Å²) in [5.74, 6) is -1.01. The lowest BCUT2D eigenvalue weighted by Gasteiger charge is -2.09. The van der Waals surface area contributed by atoms with Gasteiger partial charge in [-0.05, 0) is 19.9 Å². The van der Waals surface area contributed by atoms with Crippen LogP contribution in [0.15, 0.2) is 18.6 Å². The van der Waals surface area contributed by atoms with Crippen LogP contribution in [0.25, 0.3) is 11.7 Å². The van der Waals surface area contributed by atoms with E-state index >= 15 is 0 Å². The van der Waals surface area contributed by atoms with E-state index in [9.17, 15) is 9.59 Å². The van der Waals surface area contributed by atoms with Crippen molar-refractivity contribution >= 4 is 23.7 Å². The lowest BCUT2D eigenvalue weighted by molar-refractivity contribution is 0.0518. The third-order valence-electron chi connectivity index (χ3n) is 3.09. The number of carbonyl (C=O) groups is 2. The molecule has 2 aromatic rings. The summed E-state index contributed by atoms with van der Waals surface area (Å²) in [6.07, 6.45) is 6.24. The highest BCUT2D eigenvalue weighted by atomic mass is 16.5. The monoisotopic (exact) mass is 332 g/mol. The number of ether oxygens (including phenoxy) is 2. The Kier molecular flexibility index (Phi) is 5.51. The first-order valence-electron chi connectivity index (χ1n) is 7.55. The number of hydrogen-bond donors (Lipinski definition) is 0. The molecule has 0 aliphatic rings. The Morgan fingerprint density at radius 3 is 2.33 bits per heavy atom. The summed E-state index contributed by atoms with van der Waals surface area (Å²) >= 11 is 0. The van der Waals surface area contributed by atoms with E-state index in [0.717, 1.165) is 0 Å². The van der Waals surface area contributed by atoms with Crippen LogP contribution in [-0.4, -0.2) is 58.7 Å². The molecule has 0 aliphatic heterocycles. The van der Waals surface area contributed by atoms with Crippen molar-refractivity contribution in [3.63, 3.8) is 0 Å². The van der Waals surface area contributed by atoms with Crippen LogP contribution in [0, 0.1) is 0 Å². The molecule has 0 radical (unpaired) electrons. The molecular formula is C16H20N4O4. The summed E-state index contributed by atoms with van der Waals surface area (Å²) in [7, 11) is 3.71. The second kappa shape index (κ2) is 7.58. The molecule has 0 aromatic carbocycles. The van der Waals surface area contributed by atoms with E-state index in [2.05, 4.69) is 10.1 Å². The summed E-state index contributed by atoms with van der Waals surface area (Å²) in [5, 5.41) is 4.18. The normalized spacial score (nSPS) is 11.0. The van der Waals surface area contributed by atoms with E-state index in [1.165, 1.54) is 16.9 Å². The quantitative estimate of drug-likeness (QED) is 0.743. The molecule has 2 rings (SSSR count). The van der Waals surface area contributed by atoms with Crippen LogP contribution in [0.4, 0.5) is 0 Å². The molecule has 8 heteroatoms. The van der Waals surface area contributed by atoms with Gasteiger partial charge in [-0.1, -0.05) is 0 Å². The van der Waals surface area contributed by atoms with Crippen LogP contribution < -0.4 is 0 Å². The van der Waals surface area contributed by atoms with Crippen LogP contribution in [0.1, 0.15) is 40.3 Å². The van der Waals surface area contributed by atoms with E-state index < -0.39 is 11.9 Å². The van der Waals surface area contributed by atoms with E-state index in [4.69, 9.17) is 9.47 Å². The molecule has 0 bridgehead atoms. The van der Waals surface area contributed by atoms with Gasteiger partial charge in [0.1, 0.15) is 11.1 Å². The Balaban J connectivity index is 2.61.